The SMILES string of the molecule is NC1=NCC2(CCC2)N1CC1CCCO1. The zero-order valence-corrected chi connectivity index (χ0v) is 9.11. The smallest absolute Gasteiger partial charge is 0.191 e. The minimum atomic E-state index is 0.288. The van der Waals surface area contributed by atoms with Crippen LogP contribution >= 0.6 is 0 Å². The van der Waals surface area contributed by atoms with Crippen LogP contribution in [0.25, 0.3) is 0 Å². The van der Waals surface area contributed by atoms with Gasteiger partial charge in [-0.1, -0.05) is 0 Å². The lowest BCUT2D eigenvalue weighted by molar-refractivity contribution is 0.0365. The summed E-state index contributed by atoms with van der Waals surface area (Å²) in [7, 11) is 0. The minimum Gasteiger partial charge on any atom is -0.376 e. The Bertz CT molecular complexity index is 280. The summed E-state index contributed by atoms with van der Waals surface area (Å²) in [6.07, 6.45) is 6.59. The standard InChI is InChI=1S/C11H19N3O/c12-10-13-8-11(4-2-5-11)14(10)7-9-3-1-6-15-9/h9H,1-8H2,(H2,12,13). The summed E-state index contributed by atoms with van der Waals surface area (Å²) >= 11 is 0. The third kappa shape index (κ3) is 1.42. The predicted molar refractivity (Wildman–Crippen MR) is 58.8 cm³/mol. The van der Waals surface area contributed by atoms with E-state index in [1.165, 1.54) is 32.1 Å². The summed E-state index contributed by atoms with van der Waals surface area (Å²) in [4.78, 5) is 6.71. The fourth-order valence-electron chi connectivity index (χ4n) is 2.93. The molecule has 1 aliphatic carbocycles. The quantitative estimate of drug-likeness (QED) is 0.729. The molecule has 0 amide bonds. The molecule has 1 saturated heterocycles. The normalized spacial score (nSPS) is 33.2. The molecule has 2 aliphatic heterocycles. The van der Waals surface area contributed by atoms with E-state index in [9.17, 15) is 0 Å². The van der Waals surface area contributed by atoms with Crippen LogP contribution in [0, 0.1) is 0 Å². The molecule has 2 heterocycles. The summed E-state index contributed by atoms with van der Waals surface area (Å²) in [5, 5.41) is 0. The Balaban J connectivity index is 1.69. The summed E-state index contributed by atoms with van der Waals surface area (Å²) in [5.74, 6) is 0.741. The highest BCUT2D eigenvalue weighted by Crippen LogP contribution is 2.41. The van der Waals surface area contributed by atoms with E-state index in [0.717, 1.165) is 25.7 Å². The van der Waals surface area contributed by atoms with Crippen LogP contribution in [0.4, 0.5) is 0 Å². The second kappa shape index (κ2) is 3.37. The van der Waals surface area contributed by atoms with Crippen LogP contribution in [-0.4, -0.2) is 42.2 Å². The Labute approximate surface area is 90.5 Å². The highest BCUT2D eigenvalue weighted by molar-refractivity contribution is 5.81. The van der Waals surface area contributed by atoms with Crippen molar-refractivity contribution in [2.24, 2.45) is 10.7 Å². The molecule has 84 valence electrons. The molecule has 0 aromatic carbocycles. The van der Waals surface area contributed by atoms with E-state index >= 15 is 0 Å². The van der Waals surface area contributed by atoms with Gasteiger partial charge in [-0.05, 0) is 32.1 Å². The molecule has 1 spiro atoms. The molecule has 2 N–H and O–H groups in total. The molecule has 0 bridgehead atoms. The minimum absolute atomic E-state index is 0.288. The first-order chi connectivity index (χ1) is 7.30. The molecule has 3 aliphatic rings. The van der Waals surface area contributed by atoms with Gasteiger partial charge in [0.05, 0.1) is 18.2 Å². The molecule has 0 radical (unpaired) electrons. The number of hydrogen-bond acceptors (Lipinski definition) is 4. The molecule has 2 fully saturated rings. The zero-order chi connectivity index (χ0) is 10.3. The Morgan fingerprint density at radius 1 is 1.47 bits per heavy atom. The Morgan fingerprint density at radius 2 is 2.33 bits per heavy atom. The van der Waals surface area contributed by atoms with Crippen LogP contribution < -0.4 is 5.73 Å². The van der Waals surface area contributed by atoms with Gasteiger partial charge < -0.3 is 15.4 Å². The van der Waals surface area contributed by atoms with Crippen molar-refractivity contribution in [1.29, 1.82) is 0 Å². The summed E-state index contributed by atoms with van der Waals surface area (Å²) in [6.45, 7) is 2.78. The molecule has 15 heavy (non-hydrogen) atoms. The molecule has 0 aromatic rings. The van der Waals surface area contributed by atoms with Crippen molar-refractivity contribution in [3.63, 3.8) is 0 Å². The predicted octanol–water partition coefficient (Wildman–Crippen LogP) is 0.718. The average Bonchev–Trinajstić information content (AvgIpc) is 2.75. The Kier molecular flexibility index (Phi) is 2.12. The molecular weight excluding hydrogens is 190 g/mol. The highest BCUT2D eigenvalue weighted by atomic mass is 16.5. The molecule has 0 aromatic heterocycles. The van der Waals surface area contributed by atoms with E-state index in [4.69, 9.17) is 10.5 Å². The number of hydrogen-bond donors (Lipinski definition) is 1. The summed E-state index contributed by atoms with van der Waals surface area (Å²) in [6, 6.07) is 0. The Morgan fingerprint density at radius 3 is 2.93 bits per heavy atom. The molecule has 3 rings (SSSR count). The second-order valence-corrected chi connectivity index (χ2v) is 5.00. The average molecular weight is 209 g/mol. The lowest BCUT2D eigenvalue weighted by Gasteiger charge is -2.46. The maximum atomic E-state index is 5.96. The van der Waals surface area contributed by atoms with E-state index < -0.39 is 0 Å². The van der Waals surface area contributed by atoms with Gasteiger partial charge in [-0.15, -0.1) is 0 Å². The molecule has 4 nitrogen and oxygen atoms in total. The van der Waals surface area contributed by atoms with Gasteiger partial charge in [0.1, 0.15) is 0 Å². The van der Waals surface area contributed by atoms with Crippen LogP contribution in [0.2, 0.25) is 0 Å². The fraction of sp³-hybridized carbons (Fsp3) is 0.909. The van der Waals surface area contributed by atoms with Gasteiger partial charge in [0, 0.05) is 13.2 Å². The van der Waals surface area contributed by atoms with Gasteiger partial charge in [0.2, 0.25) is 0 Å². The van der Waals surface area contributed by atoms with Crippen LogP contribution in [0.15, 0.2) is 4.99 Å². The zero-order valence-electron chi connectivity index (χ0n) is 9.11. The van der Waals surface area contributed by atoms with Gasteiger partial charge in [0.15, 0.2) is 5.96 Å². The van der Waals surface area contributed by atoms with Crippen molar-refractivity contribution in [1.82, 2.24) is 4.90 Å². The van der Waals surface area contributed by atoms with E-state index in [1.807, 2.05) is 0 Å². The maximum Gasteiger partial charge on any atom is 0.191 e. The lowest BCUT2D eigenvalue weighted by atomic mass is 9.76. The molecule has 1 unspecified atom stereocenters. The van der Waals surface area contributed by atoms with Crippen molar-refractivity contribution in [3.8, 4) is 0 Å². The van der Waals surface area contributed by atoms with Crippen molar-refractivity contribution < 1.29 is 4.74 Å². The third-order valence-electron chi connectivity index (χ3n) is 4.08. The number of rotatable bonds is 2. The van der Waals surface area contributed by atoms with E-state index in [2.05, 4.69) is 9.89 Å². The van der Waals surface area contributed by atoms with Gasteiger partial charge in [0.25, 0.3) is 0 Å². The van der Waals surface area contributed by atoms with E-state index in [0.29, 0.717) is 6.10 Å². The fourth-order valence-corrected chi connectivity index (χ4v) is 2.93. The maximum absolute atomic E-state index is 5.96. The van der Waals surface area contributed by atoms with Crippen molar-refractivity contribution >= 4 is 5.96 Å². The largest absolute Gasteiger partial charge is 0.376 e. The molecular formula is C11H19N3O. The summed E-state index contributed by atoms with van der Waals surface area (Å²) < 4.78 is 5.67. The first kappa shape index (κ1) is 9.46. The lowest BCUT2D eigenvalue weighted by Crippen LogP contribution is -2.57. The van der Waals surface area contributed by atoms with Crippen molar-refractivity contribution in [2.45, 2.75) is 43.7 Å². The monoisotopic (exact) mass is 209 g/mol. The van der Waals surface area contributed by atoms with E-state index in [1.54, 1.807) is 0 Å². The second-order valence-electron chi connectivity index (χ2n) is 5.00. The topological polar surface area (TPSA) is 50.8 Å². The van der Waals surface area contributed by atoms with Gasteiger partial charge in [-0.3, -0.25) is 4.99 Å². The number of aliphatic imine (C=N–C) groups is 1. The van der Waals surface area contributed by atoms with Crippen molar-refractivity contribution in [2.75, 3.05) is 19.7 Å². The van der Waals surface area contributed by atoms with Crippen LogP contribution in [0.1, 0.15) is 32.1 Å². The highest BCUT2D eigenvalue weighted by Gasteiger charge is 2.47. The molecule has 1 saturated carbocycles. The Hall–Kier alpha value is -0.770. The summed E-state index contributed by atoms with van der Waals surface area (Å²) in [5.41, 5.74) is 6.25. The number of ether oxygens (including phenoxy) is 1. The van der Waals surface area contributed by atoms with Crippen LogP contribution in [0.3, 0.4) is 0 Å². The first-order valence-corrected chi connectivity index (χ1v) is 5.99. The first-order valence-electron chi connectivity index (χ1n) is 5.99. The van der Waals surface area contributed by atoms with E-state index in [-0.39, 0.29) is 5.54 Å². The van der Waals surface area contributed by atoms with Crippen LogP contribution in [-0.2, 0) is 4.74 Å². The van der Waals surface area contributed by atoms with Gasteiger partial charge in [-0.2, -0.15) is 0 Å². The van der Waals surface area contributed by atoms with Crippen molar-refractivity contribution in [3.05, 3.63) is 0 Å². The van der Waals surface area contributed by atoms with Gasteiger partial charge in [-0.25, -0.2) is 0 Å². The molecule has 1 atom stereocenters. The van der Waals surface area contributed by atoms with Gasteiger partial charge >= 0.3 is 0 Å². The third-order valence-corrected chi connectivity index (χ3v) is 4.08. The number of nitrogens with two attached hydrogens (primary N) is 1. The number of nitrogens with zero attached hydrogens (tertiary/aromatic N) is 2. The molecule has 4 heteroatoms. The van der Waals surface area contributed by atoms with Crippen LogP contribution in [0.5, 0.6) is 0 Å². The number of guanidine groups is 1.